The molecule has 2 nitrogen and oxygen atoms in total. The zero-order chi connectivity index (χ0) is 12.8. The smallest absolute Gasteiger partial charge is 0.0585 e. The predicted octanol–water partition coefficient (Wildman–Crippen LogP) is 3.33. The highest BCUT2D eigenvalue weighted by Crippen LogP contribution is 2.23. The van der Waals surface area contributed by atoms with Crippen LogP contribution >= 0.6 is 15.9 Å². The van der Waals surface area contributed by atoms with Crippen molar-refractivity contribution in [1.82, 2.24) is 5.32 Å². The highest BCUT2D eigenvalue weighted by molar-refractivity contribution is 9.10. The maximum atomic E-state index is 12.5. The first-order chi connectivity index (χ1) is 8.11. The van der Waals surface area contributed by atoms with Gasteiger partial charge in [0.2, 0.25) is 0 Å². The van der Waals surface area contributed by atoms with E-state index in [0.717, 1.165) is 22.3 Å². The number of rotatable bonds is 6. The third kappa shape index (κ3) is 3.90. The molecule has 1 rings (SSSR count). The second-order valence-electron chi connectivity index (χ2n) is 4.01. The van der Waals surface area contributed by atoms with Gasteiger partial charge < -0.3 is 5.32 Å². The molecule has 0 aromatic heterocycles. The molecule has 0 spiro atoms. The van der Waals surface area contributed by atoms with Crippen LogP contribution in [-0.2, 0) is 10.8 Å². The maximum Gasteiger partial charge on any atom is 0.0585 e. The van der Waals surface area contributed by atoms with Gasteiger partial charge in [-0.15, -0.1) is 0 Å². The molecule has 0 aliphatic carbocycles. The maximum absolute atomic E-state index is 12.5. The molecule has 17 heavy (non-hydrogen) atoms. The molecule has 0 radical (unpaired) electrons. The fourth-order valence-electron chi connectivity index (χ4n) is 1.86. The van der Waals surface area contributed by atoms with E-state index >= 15 is 0 Å². The summed E-state index contributed by atoms with van der Waals surface area (Å²) >= 11 is 3.46. The molecule has 96 valence electrons. The van der Waals surface area contributed by atoms with Crippen molar-refractivity contribution in [2.75, 3.05) is 6.54 Å². The van der Waals surface area contributed by atoms with Gasteiger partial charge in [0.15, 0.2) is 0 Å². The molecular formula is C13H20BrNOS. The van der Waals surface area contributed by atoms with Gasteiger partial charge in [-0.2, -0.15) is 0 Å². The van der Waals surface area contributed by atoms with Crippen molar-refractivity contribution >= 4 is 26.7 Å². The second kappa shape index (κ2) is 7.29. The van der Waals surface area contributed by atoms with Gasteiger partial charge in [0.05, 0.1) is 20.9 Å². The highest BCUT2D eigenvalue weighted by atomic mass is 79.9. The molecule has 0 aliphatic heterocycles. The quantitative estimate of drug-likeness (QED) is 0.872. The first-order valence-electron chi connectivity index (χ1n) is 6.00. The summed E-state index contributed by atoms with van der Waals surface area (Å²) in [4.78, 5) is 0.886. The van der Waals surface area contributed by atoms with E-state index in [1.165, 1.54) is 0 Å². The van der Waals surface area contributed by atoms with Crippen LogP contribution in [0, 0.1) is 0 Å². The zero-order valence-corrected chi connectivity index (χ0v) is 13.0. The van der Waals surface area contributed by atoms with Gasteiger partial charge in [0.1, 0.15) is 0 Å². The van der Waals surface area contributed by atoms with Crippen LogP contribution in [0.3, 0.4) is 0 Å². The summed E-state index contributed by atoms with van der Waals surface area (Å²) in [5, 5.41) is 3.50. The Kier molecular flexibility index (Phi) is 6.38. The molecule has 3 unspecified atom stereocenters. The van der Waals surface area contributed by atoms with Crippen molar-refractivity contribution in [1.29, 1.82) is 0 Å². The summed E-state index contributed by atoms with van der Waals surface area (Å²) in [6.07, 6.45) is 0.991. The molecule has 0 heterocycles. The summed E-state index contributed by atoms with van der Waals surface area (Å²) in [5.74, 6) is 0. The van der Waals surface area contributed by atoms with Gasteiger partial charge in [0, 0.05) is 10.5 Å². The standard InChI is InChI=1S/C13H20BrNOS/c1-4-12(15-5-2)10(3)17(16)13-9-7-6-8-11(13)14/h6-10,12,15H,4-5H2,1-3H3. The summed E-state index contributed by atoms with van der Waals surface area (Å²) in [6.45, 7) is 7.17. The molecular weight excluding hydrogens is 298 g/mol. The van der Waals surface area contributed by atoms with Crippen LogP contribution in [0.5, 0.6) is 0 Å². The van der Waals surface area contributed by atoms with Crippen LogP contribution < -0.4 is 5.32 Å². The molecule has 1 aromatic carbocycles. The SMILES string of the molecule is CCNC(CC)C(C)S(=O)c1ccccc1Br. The topological polar surface area (TPSA) is 29.1 Å². The number of hydrogen-bond donors (Lipinski definition) is 1. The van der Waals surface area contributed by atoms with Crippen LogP contribution in [-0.4, -0.2) is 22.0 Å². The van der Waals surface area contributed by atoms with E-state index in [-0.39, 0.29) is 5.25 Å². The normalized spacial score (nSPS) is 16.5. The van der Waals surface area contributed by atoms with Crippen LogP contribution in [0.15, 0.2) is 33.6 Å². The van der Waals surface area contributed by atoms with Crippen LogP contribution in [0.25, 0.3) is 0 Å². The Labute approximate surface area is 115 Å². The molecule has 0 saturated carbocycles. The Bertz CT molecular complexity index is 383. The van der Waals surface area contributed by atoms with Gasteiger partial charge in [0.25, 0.3) is 0 Å². The summed E-state index contributed by atoms with van der Waals surface area (Å²) in [6, 6.07) is 8.03. The number of halogens is 1. The van der Waals surface area contributed by atoms with E-state index in [4.69, 9.17) is 0 Å². The number of nitrogens with one attached hydrogen (secondary N) is 1. The number of benzene rings is 1. The summed E-state index contributed by atoms with van der Waals surface area (Å²) in [7, 11) is -0.981. The number of hydrogen-bond acceptors (Lipinski definition) is 2. The lowest BCUT2D eigenvalue weighted by atomic mass is 10.2. The Morgan fingerprint density at radius 3 is 2.53 bits per heavy atom. The molecule has 1 aromatic rings. The van der Waals surface area contributed by atoms with Crippen LogP contribution in [0.4, 0.5) is 0 Å². The lowest BCUT2D eigenvalue weighted by molar-refractivity contribution is 0.500. The Morgan fingerprint density at radius 2 is 2.00 bits per heavy atom. The van der Waals surface area contributed by atoms with Crippen molar-refractivity contribution in [2.24, 2.45) is 0 Å². The highest BCUT2D eigenvalue weighted by Gasteiger charge is 2.22. The van der Waals surface area contributed by atoms with E-state index in [1.807, 2.05) is 31.2 Å². The molecule has 0 aliphatic rings. The molecule has 1 N–H and O–H groups in total. The minimum atomic E-state index is -0.981. The lowest BCUT2D eigenvalue weighted by Crippen LogP contribution is -2.40. The van der Waals surface area contributed by atoms with Crippen molar-refractivity contribution in [3.05, 3.63) is 28.7 Å². The summed E-state index contributed by atoms with van der Waals surface area (Å²) < 4.78 is 13.4. The molecule has 0 saturated heterocycles. The van der Waals surface area contributed by atoms with Crippen molar-refractivity contribution in [3.8, 4) is 0 Å². The Morgan fingerprint density at radius 1 is 1.35 bits per heavy atom. The average molecular weight is 318 g/mol. The monoisotopic (exact) mass is 317 g/mol. The van der Waals surface area contributed by atoms with Gasteiger partial charge >= 0.3 is 0 Å². The predicted molar refractivity (Wildman–Crippen MR) is 77.8 cm³/mol. The first kappa shape index (κ1) is 14.9. The van der Waals surface area contributed by atoms with E-state index in [9.17, 15) is 4.21 Å². The largest absolute Gasteiger partial charge is 0.313 e. The van der Waals surface area contributed by atoms with Crippen molar-refractivity contribution < 1.29 is 4.21 Å². The van der Waals surface area contributed by atoms with E-state index in [2.05, 4.69) is 35.1 Å². The lowest BCUT2D eigenvalue weighted by Gasteiger charge is -2.23. The second-order valence-corrected chi connectivity index (χ2v) is 6.64. The van der Waals surface area contributed by atoms with Crippen LogP contribution in [0.2, 0.25) is 0 Å². The molecule has 0 amide bonds. The van der Waals surface area contributed by atoms with Gasteiger partial charge in [-0.05, 0) is 48.0 Å². The first-order valence-corrected chi connectivity index (χ1v) is 8.00. The van der Waals surface area contributed by atoms with Crippen molar-refractivity contribution in [2.45, 2.75) is 43.4 Å². The summed E-state index contributed by atoms with van der Waals surface area (Å²) in [5.41, 5.74) is 0. The van der Waals surface area contributed by atoms with Gasteiger partial charge in [-0.3, -0.25) is 4.21 Å². The Hall–Kier alpha value is -0.190. The van der Waals surface area contributed by atoms with Gasteiger partial charge in [-0.25, -0.2) is 0 Å². The van der Waals surface area contributed by atoms with Crippen LogP contribution in [0.1, 0.15) is 27.2 Å². The molecule has 0 fully saturated rings. The zero-order valence-electron chi connectivity index (χ0n) is 10.6. The third-order valence-electron chi connectivity index (χ3n) is 2.86. The van der Waals surface area contributed by atoms with Gasteiger partial charge in [-0.1, -0.05) is 26.0 Å². The molecule has 3 atom stereocenters. The van der Waals surface area contributed by atoms with E-state index in [0.29, 0.717) is 6.04 Å². The minimum Gasteiger partial charge on any atom is -0.313 e. The fourth-order valence-corrected chi connectivity index (χ4v) is 4.09. The van der Waals surface area contributed by atoms with E-state index < -0.39 is 10.8 Å². The minimum absolute atomic E-state index is 0.110. The molecule has 0 bridgehead atoms. The van der Waals surface area contributed by atoms with Crippen molar-refractivity contribution in [3.63, 3.8) is 0 Å². The average Bonchev–Trinajstić information content (AvgIpc) is 2.35. The third-order valence-corrected chi connectivity index (χ3v) is 5.61. The fraction of sp³-hybridized carbons (Fsp3) is 0.538. The molecule has 4 heteroatoms. The van der Waals surface area contributed by atoms with E-state index in [1.54, 1.807) is 0 Å². The Balaban J connectivity index is 2.85.